The van der Waals surface area contributed by atoms with E-state index in [1.807, 2.05) is 31.7 Å². The zero-order valence-electron chi connectivity index (χ0n) is 17.4. The molecule has 0 amide bonds. The summed E-state index contributed by atoms with van der Waals surface area (Å²) in [5.41, 5.74) is 3.38. The lowest BCUT2D eigenvalue weighted by molar-refractivity contribution is 0.197. The van der Waals surface area contributed by atoms with Gasteiger partial charge in [-0.05, 0) is 42.8 Å². The van der Waals surface area contributed by atoms with Gasteiger partial charge in [0.1, 0.15) is 11.6 Å². The molecule has 0 bridgehead atoms. The average molecular weight is 390 g/mol. The molecule has 0 aliphatic carbocycles. The number of rotatable bonds is 7. The smallest absolute Gasteiger partial charge is 0.122 e. The van der Waals surface area contributed by atoms with Crippen molar-refractivity contribution in [3.63, 3.8) is 0 Å². The van der Waals surface area contributed by atoms with Crippen molar-refractivity contribution in [1.29, 1.82) is 0 Å². The quantitative estimate of drug-likeness (QED) is 0.509. The van der Waals surface area contributed by atoms with Crippen molar-refractivity contribution in [3.05, 3.63) is 66.4 Å². The van der Waals surface area contributed by atoms with Crippen LogP contribution in [0.15, 0.2) is 55.0 Å². The summed E-state index contributed by atoms with van der Waals surface area (Å²) in [6.45, 7) is 6.03. The molecule has 0 fully saturated rings. The molecule has 0 aliphatic rings. The Labute approximate surface area is 171 Å². The Morgan fingerprint density at radius 2 is 1.90 bits per heavy atom. The maximum absolute atomic E-state index is 5.33. The number of aromatic nitrogens is 4. The predicted molar refractivity (Wildman–Crippen MR) is 116 cm³/mol. The molecule has 2 aromatic heterocycles. The predicted octanol–water partition coefficient (Wildman–Crippen LogP) is 4.38. The van der Waals surface area contributed by atoms with Gasteiger partial charge in [0.25, 0.3) is 0 Å². The molecule has 0 atom stereocenters. The fraction of sp³-hybridized carbons (Fsp3) is 0.304. The van der Waals surface area contributed by atoms with Crippen LogP contribution in [0.3, 0.4) is 0 Å². The number of H-pyrrole nitrogens is 1. The van der Waals surface area contributed by atoms with E-state index in [4.69, 9.17) is 4.74 Å². The molecule has 4 rings (SSSR count). The second-order valence-corrected chi connectivity index (χ2v) is 7.65. The topological polar surface area (TPSA) is 59.0 Å². The standard InChI is InChI=1S/C23H27N5O/c1-16(2)28(15-22-24-9-10-27(22)3)14-20-13-25-26-23(20)19-6-5-18-12-21(29-4)8-7-17(18)11-19/h5-13,16H,14-15H2,1-4H3,(H,25,26). The number of hydrogen-bond donors (Lipinski definition) is 1. The normalized spacial score (nSPS) is 11.7. The highest BCUT2D eigenvalue weighted by Gasteiger charge is 2.17. The highest BCUT2D eigenvalue weighted by Crippen LogP contribution is 2.28. The number of imidazole rings is 1. The van der Waals surface area contributed by atoms with Crippen LogP contribution < -0.4 is 4.74 Å². The van der Waals surface area contributed by atoms with Crippen LogP contribution in [0.1, 0.15) is 25.2 Å². The van der Waals surface area contributed by atoms with Crippen LogP contribution in [0.4, 0.5) is 0 Å². The number of benzene rings is 2. The van der Waals surface area contributed by atoms with Crippen molar-refractivity contribution in [3.8, 4) is 17.0 Å². The maximum atomic E-state index is 5.33. The lowest BCUT2D eigenvalue weighted by atomic mass is 10.0. The number of aryl methyl sites for hydroxylation is 1. The summed E-state index contributed by atoms with van der Waals surface area (Å²) in [6.07, 6.45) is 5.77. The van der Waals surface area contributed by atoms with Crippen LogP contribution in [0.2, 0.25) is 0 Å². The van der Waals surface area contributed by atoms with E-state index in [0.717, 1.165) is 41.3 Å². The Kier molecular flexibility index (Phi) is 5.36. The maximum Gasteiger partial charge on any atom is 0.122 e. The van der Waals surface area contributed by atoms with E-state index in [1.165, 1.54) is 10.9 Å². The number of nitrogens with zero attached hydrogens (tertiary/aromatic N) is 4. The Morgan fingerprint density at radius 1 is 1.10 bits per heavy atom. The van der Waals surface area contributed by atoms with Gasteiger partial charge < -0.3 is 9.30 Å². The Morgan fingerprint density at radius 3 is 2.62 bits per heavy atom. The third-order valence-electron chi connectivity index (χ3n) is 5.42. The summed E-state index contributed by atoms with van der Waals surface area (Å²) in [5, 5.41) is 9.88. The van der Waals surface area contributed by atoms with E-state index in [-0.39, 0.29) is 0 Å². The first-order chi connectivity index (χ1) is 14.0. The number of aromatic amines is 1. The number of nitrogens with one attached hydrogen (secondary N) is 1. The summed E-state index contributed by atoms with van der Waals surface area (Å²) in [5.74, 6) is 1.93. The Hall–Kier alpha value is -3.12. The molecule has 0 radical (unpaired) electrons. The first-order valence-corrected chi connectivity index (χ1v) is 9.86. The second-order valence-electron chi connectivity index (χ2n) is 7.65. The van der Waals surface area contributed by atoms with Gasteiger partial charge in [0.15, 0.2) is 0 Å². The SMILES string of the molecule is COc1ccc2cc(-c3[nH]ncc3CN(Cc3nccn3C)C(C)C)ccc2c1. The van der Waals surface area contributed by atoms with Crippen molar-refractivity contribution in [2.24, 2.45) is 7.05 Å². The van der Waals surface area contributed by atoms with Crippen LogP contribution >= 0.6 is 0 Å². The van der Waals surface area contributed by atoms with Crippen molar-refractivity contribution < 1.29 is 4.74 Å². The zero-order valence-corrected chi connectivity index (χ0v) is 17.4. The first kappa shape index (κ1) is 19.2. The molecule has 0 unspecified atom stereocenters. The molecular weight excluding hydrogens is 362 g/mol. The van der Waals surface area contributed by atoms with Crippen molar-refractivity contribution >= 4 is 10.8 Å². The number of fused-ring (bicyclic) bond motifs is 1. The van der Waals surface area contributed by atoms with Gasteiger partial charge in [-0.1, -0.05) is 18.2 Å². The molecular formula is C23H27N5O. The molecule has 0 saturated heterocycles. The van der Waals surface area contributed by atoms with Crippen LogP contribution in [0.25, 0.3) is 22.0 Å². The summed E-state index contributed by atoms with van der Waals surface area (Å²) in [7, 11) is 3.73. The average Bonchev–Trinajstić information content (AvgIpc) is 3.35. The summed E-state index contributed by atoms with van der Waals surface area (Å²) in [6, 6.07) is 13.0. The molecule has 2 aromatic carbocycles. The summed E-state index contributed by atoms with van der Waals surface area (Å²) >= 11 is 0. The van der Waals surface area contributed by atoms with E-state index in [9.17, 15) is 0 Å². The molecule has 0 saturated carbocycles. The minimum Gasteiger partial charge on any atom is -0.497 e. The van der Waals surface area contributed by atoms with Crippen LogP contribution in [-0.2, 0) is 20.1 Å². The lowest BCUT2D eigenvalue weighted by Gasteiger charge is -2.26. The fourth-order valence-electron chi connectivity index (χ4n) is 3.56. The fourth-order valence-corrected chi connectivity index (χ4v) is 3.56. The van der Waals surface area contributed by atoms with E-state index < -0.39 is 0 Å². The van der Waals surface area contributed by atoms with Crippen LogP contribution in [-0.4, -0.2) is 37.8 Å². The van der Waals surface area contributed by atoms with E-state index in [2.05, 4.69) is 68.8 Å². The first-order valence-electron chi connectivity index (χ1n) is 9.86. The summed E-state index contributed by atoms with van der Waals surface area (Å²) in [4.78, 5) is 6.89. The Balaban J connectivity index is 1.62. The number of hydrogen-bond acceptors (Lipinski definition) is 4. The van der Waals surface area contributed by atoms with Gasteiger partial charge in [-0.15, -0.1) is 0 Å². The third kappa shape index (κ3) is 4.03. The van der Waals surface area contributed by atoms with Gasteiger partial charge in [0.05, 0.1) is 25.5 Å². The van der Waals surface area contributed by atoms with Gasteiger partial charge in [0, 0.05) is 43.2 Å². The lowest BCUT2D eigenvalue weighted by Crippen LogP contribution is -2.31. The summed E-state index contributed by atoms with van der Waals surface area (Å²) < 4.78 is 7.41. The van der Waals surface area contributed by atoms with E-state index in [0.29, 0.717) is 6.04 Å². The van der Waals surface area contributed by atoms with E-state index in [1.54, 1.807) is 7.11 Å². The third-order valence-corrected chi connectivity index (χ3v) is 5.42. The zero-order chi connectivity index (χ0) is 20.4. The minimum absolute atomic E-state index is 0.388. The molecule has 4 aromatic rings. The van der Waals surface area contributed by atoms with Crippen molar-refractivity contribution in [2.75, 3.05) is 7.11 Å². The van der Waals surface area contributed by atoms with Crippen LogP contribution in [0, 0.1) is 0 Å². The van der Waals surface area contributed by atoms with E-state index >= 15 is 0 Å². The second kappa shape index (κ2) is 8.09. The van der Waals surface area contributed by atoms with Gasteiger partial charge in [-0.3, -0.25) is 10.00 Å². The molecule has 29 heavy (non-hydrogen) atoms. The molecule has 6 heteroatoms. The largest absolute Gasteiger partial charge is 0.497 e. The monoisotopic (exact) mass is 389 g/mol. The van der Waals surface area contributed by atoms with Crippen molar-refractivity contribution in [1.82, 2.24) is 24.6 Å². The minimum atomic E-state index is 0.388. The molecule has 6 nitrogen and oxygen atoms in total. The van der Waals surface area contributed by atoms with Gasteiger partial charge in [0.2, 0.25) is 0 Å². The molecule has 1 N–H and O–H groups in total. The highest BCUT2D eigenvalue weighted by molar-refractivity contribution is 5.88. The molecule has 2 heterocycles. The van der Waals surface area contributed by atoms with Crippen LogP contribution in [0.5, 0.6) is 5.75 Å². The number of methoxy groups -OCH3 is 1. The highest BCUT2D eigenvalue weighted by atomic mass is 16.5. The molecule has 0 aliphatic heterocycles. The Bertz CT molecular complexity index is 1110. The van der Waals surface area contributed by atoms with Gasteiger partial charge >= 0.3 is 0 Å². The van der Waals surface area contributed by atoms with Crippen molar-refractivity contribution in [2.45, 2.75) is 33.0 Å². The number of ether oxygens (including phenoxy) is 1. The molecule has 0 spiro atoms. The van der Waals surface area contributed by atoms with Gasteiger partial charge in [-0.25, -0.2) is 4.98 Å². The van der Waals surface area contributed by atoms with Gasteiger partial charge in [-0.2, -0.15) is 5.10 Å². The molecule has 150 valence electrons.